The van der Waals surface area contributed by atoms with E-state index in [0.29, 0.717) is 6.54 Å². The summed E-state index contributed by atoms with van der Waals surface area (Å²) in [5.41, 5.74) is 9.34. The smallest absolute Gasteiger partial charge is 0.124 e. The van der Waals surface area contributed by atoms with Crippen molar-refractivity contribution in [3.05, 3.63) is 29.6 Å². The highest BCUT2D eigenvalue weighted by Gasteiger charge is 2.17. The molecule has 0 bridgehead atoms. The topological polar surface area (TPSA) is 50.3 Å². The molecule has 0 spiro atoms. The van der Waals surface area contributed by atoms with Crippen molar-refractivity contribution in [2.75, 3.05) is 39.8 Å². The van der Waals surface area contributed by atoms with Gasteiger partial charge in [-0.05, 0) is 31.7 Å². The number of aryl methyl sites for hydroxylation is 1. The van der Waals surface area contributed by atoms with Crippen molar-refractivity contribution in [3.8, 4) is 0 Å². The lowest BCUT2D eigenvalue weighted by Gasteiger charge is -2.32. The quantitative estimate of drug-likeness (QED) is 0.913. The van der Waals surface area contributed by atoms with Gasteiger partial charge < -0.3 is 15.2 Å². The maximum Gasteiger partial charge on any atom is 0.124 e. The first-order valence-electron chi connectivity index (χ1n) is 7.74. The molecule has 0 aliphatic carbocycles. The molecule has 1 fully saturated rings. The van der Waals surface area contributed by atoms with Gasteiger partial charge in [-0.1, -0.05) is 6.07 Å². The van der Waals surface area contributed by atoms with Crippen LogP contribution in [-0.2, 0) is 13.1 Å². The van der Waals surface area contributed by atoms with Crippen molar-refractivity contribution in [1.82, 2.24) is 19.4 Å². The van der Waals surface area contributed by atoms with E-state index in [-0.39, 0.29) is 0 Å². The molecule has 0 saturated carbocycles. The molecule has 1 saturated heterocycles. The summed E-state index contributed by atoms with van der Waals surface area (Å²) in [5.74, 6) is 1.14. The number of likely N-dealkylation sites (N-methyl/N-ethyl adjacent to an activating group) is 1. The Kier molecular flexibility index (Phi) is 4.24. The van der Waals surface area contributed by atoms with Crippen LogP contribution in [0.3, 0.4) is 0 Å². The van der Waals surface area contributed by atoms with Crippen LogP contribution in [0, 0.1) is 6.92 Å². The summed E-state index contributed by atoms with van der Waals surface area (Å²) < 4.78 is 2.28. The molecule has 1 aromatic carbocycles. The zero-order valence-corrected chi connectivity index (χ0v) is 13.0. The molecule has 2 aromatic rings. The predicted octanol–water partition coefficient (Wildman–Crippen LogP) is 1.05. The van der Waals surface area contributed by atoms with Gasteiger partial charge in [-0.3, -0.25) is 4.90 Å². The first kappa shape index (κ1) is 14.5. The summed E-state index contributed by atoms with van der Waals surface area (Å²) in [6.07, 6.45) is 0. The van der Waals surface area contributed by atoms with E-state index in [1.807, 2.05) is 0 Å². The van der Waals surface area contributed by atoms with Gasteiger partial charge in [0.1, 0.15) is 5.82 Å². The number of imidazole rings is 1. The molecule has 21 heavy (non-hydrogen) atoms. The third-order valence-electron chi connectivity index (χ3n) is 4.30. The number of hydrogen-bond acceptors (Lipinski definition) is 4. The maximum absolute atomic E-state index is 5.79. The van der Waals surface area contributed by atoms with Crippen LogP contribution in [-0.4, -0.2) is 59.1 Å². The lowest BCUT2D eigenvalue weighted by Crippen LogP contribution is -2.44. The molecular formula is C16H25N5. The number of nitrogens with two attached hydrogens (primary N) is 1. The van der Waals surface area contributed by atoms with E-state index in [1.165, 1.54) is 11.1 Å². The van der Waals surface area contributed by atoms with Gasteiger partial charge >= 0.3 is 0 Å². The van der Waals surface area contributed by atoms with E-state index in [1.54, 1.807) is 0 Å². The second-order valence-corrected chi connectivity index (χ2v) is 6.04. The van der Waals surface area contributed by atoms with Crippen molar-refractivity contribution in [3.63, 3.8) is 0 Å². The van der Waals surface area contributed by atoms with Crippen molar-refractivity contribution in [2.24, 2.45) is 5.73 Å². The van der Waals surface area contributed by atoms with Gasteiger partial charge in [0.15, 0.2) is 0 Å². The average Bonchev–Trinajstić information content (AvgIpc) is 2.79. The Bertz CT molecular complexity index is 610. The van der Waals surface area contributed by atoms with E-state index >= 15 is 0 Å². The summed E-state index contributed by atoms with van der Waals surface area (Å²) in [7, 11) is 2.18. The minimum absolute atomic E-state index is 0.648. The largest absolute Gasteiger partial charge is 0.329 e. The van der Waals surface area contributed by atoms with E-state index < -0.39 is 0 Å². The Morgan fingerprint density at radius 2 is 1.95 bits per heavy atom. The zero-order valence-electron chi connectivity index (χ0n) is 13.0. The summed E-state index contributed by atoms with van der Waals surface area (Å²) in [4.78, 5) is 9.72. The van der Waals surface area contributed by atoms with Crippen molar-refractivity contribution in [1.29, 1.82) is 0 Å². The normalized spacial score (nSPS) is 17.7. The Balaban J connectivity index is 1.87. The zero-order chi connectivity index (χ0) is 14.8. The minimum atomic E-state index is 0.648. The van der Waals surface area contributed by atoms with Crippen LogP contribution >= 0.6 is 0 Å². The summed E-state index contributed by atoms with van der Waals surface area (Å²) >= 11 is 0. The lowest BCUT2D eigenvalue weighted by molar-refractivity contribution is 0.144. The van der Waals surface area contributed by atoms with Crippen LogP contribution in [0.25, 0.3) is 11.0 Å². The molecule has 3 rings (SSSR count). The molecule has 5 nitrogen and oxygen atoms in total. The van der Waals surface area contributed by atoms with Crippen LogP contribution in [0.2, 0.25) is 0 Å². The Morgan fingerprint density at radius 3 is 2.67 bits per heavy atom. The summed E-state index contributed by atoms with van der Waals surface area (Å²) in [5, 5.41) is 0. The van der Waals surface area contributed by atoms with Gasteiger partial charge in [-0.2, -0.15) is 0 Å². The van der Waals surface area contributed by atoms with E-state index in [9.17, 15) is 0 Å². The third-order valence-corrected chi connectivity index (χ3v) is 4.30. The van der Waals surface area contributed by atoms with Gasteiger partial charge in [-0.15, -0.1) is 0 Å². The number of piperazine rings is 1. The van der Waals surface area contributed by atoms with E-state index in [2.05, 4.69) is 46.5 Å². The second-order valence-electron chi connectivity index (χ2n) is 6.04. The first-order chi connectivity index (χ1) is 10.2. The molecule has 2 heterocycles. The minimum Gasteiger partial charge on any atom is -0.329 e. The highest BCUT2D eigenvalue weighted by Crippen LogP contribution is 2.19. The number of nitrogens with zero attached hydrogens (tertiary/aromatic N) is 4. The van der Waals surface area contributed by atoms with Crippen molar-refractivity contribution < 1.29 is 0 Å². The first-order valence-corrected chi connectivity index (χ1v) is 7.74. The number of rotatable bonds is 4. The Hall–Kier alpha value is -1.43. The number of aromatic nitrogens is 2. The molecule has 1 aliphatic heterocycles. The molecule has 0 atom stereocenters. The van der Waals surface area contributed by atoms with Gasteiger partial charge in [0.2, 0.25) is 0 Å². The van der Waals surface area contributed by atoms with E-state index in [0.717, 1.165) is 50.6 Å². The monoisotopic (exact) mass is 287 g/mol. The number of hydrogen-bond donors (Lipinski definition) is 1. The fourth-order valence-corrected chi connectivity index (χ4v) is 3.00. The van der Waals surface area contributed by atoms with Gasteiger partial charge in [0.05, 0.1) is 17.6 Å². The van der Waals surface area contributed by atoms with Crippen molar-refractivity contribution >= 4 is 11.0 Å². The number of benzene rings is 1. The molecule has 0 unspecified atom stereocenters. The SMILES string of the molecule is Cc1ccc2c(c1)nc(CN1CCN(C)CC1)n2CCN. The molecule has 1 aromatic heterocycles. The molecule has 5 heteroatoms. The summed E-state index contributed by atoms with van der Waals surface area (Å²) in [6, 6.07) is 6.48. The number of fused-ring (bicyclic) bond motifs is 1. The summed E-state index contributed by atoms with van der Waals surface area (Å²) in [6.45, 7) is 9.01. The van der Waals surface area contributed by atoms with Crippen molar-refractivity contribution in [2.45, 2.75) is 20.0 Å². The molecule has 0 amide bonds. The molecule has 2 N–H and O–H groups in total. The van der Waals surface area contributed by atoms with E-state index in [4.69, 9.17) is 10.7 Å². The Labute approximate surface area is 126 Å². The van der Waals surface area contributed by atoms with Gasteiger partial charge in [0, 0.05) is 39.3 Å². The van der Waals surface area contributed by atoms with Crippen LogP contribution in [0.5, 0.6) is 0 Å². The molecule has 114 valence electrons. The highest BCUT2D eigenvalue weighted by atomic mass is 15.3. The predicted molar refractivity (Wildman–Crippen MR) is 86.3 cm³/mol. The van der Waals surface area contributed by atoms with Crippen LogP contribution in [0.15, 0.2) is 18.2 Å². The van der Waals surface area contributed by atoms with Crippen LogP contribution in [0.1, 0.15) is 11.4 Å². The third kappa shape index (κ3) is 3.10. The second kappa shape index (κ2) is 6.13. The molecule has 0 radical (unpaired) electrons. The van der Waals surface area contributed by atoms with Gasteiger partial charge in [0.25, 0.3) is 0 Å². The van der Waals surface area contributed by atoms with Crippen LogP contribution < -0.4 is 5.73 Å². The average molecular weight is 287 g/mol. The maximum atomic E-state index is 5.79. The van der Waals surface area contributed by atoms with Crippen LogP contribution in [0.4, 0.5) is 0 Å². The fraction of sp³-hybridized carbons (Fsp3) is 0.562. The molecular weight excluding hydrogens is 262 g/mol. The molecule has 1 aliphatic rings. The lowest BCUT2D eigenvalue weighted by atomic mass is 10.2. The van der Waals surface area contributed by atoms with Gasteiger partial charge in [-0.25, -0.2) is 4.98 Å². The Morgan fingerprint density at radius 1 is 1.19 bits per heavy atom. The highest BCUT2D eigenvalue weighted by molar-refractivity contribution is 5.76. The fourth-order valence-electron chi connectivity index (χ4n) is 3.00. The standard InChI is InChI=1S/C16H25N5/c1-13-3-4-15-14(11-13)18-16(21(15)6-5-17)12-20-9-7-19(2)8-10-20/h3-4,11H,5-10,12,17H2,1-2H3.